The third kappa shape index (κ3) is 2.95. The maximum atomic E-state index is 12.4. The number of ether oxygens (including phenoxy) is 1. The lowest BCUT2D eigenvalue weighted by Gasteiger charge is -2.03. The molecule has 0 unspecified atom stereocenters. The number of aromatic nitrogens is 1. The minimum atomic E-state index is 0.125. The second-order valence-electron chi connectivity index (χ2n) is 4.64. The second-order valence-corrected chi connectivity index (χ2v) is 5.69. The van der Waals surface area contributed by atoms with Gasteiger partial charge in [0.15, 0.2) is 5.78 Å². The third-order valence-electron chi connectivity index (χ3n) is 3.30. The van der Waals surface area contributed by atoms with Gasteiger partial charge < -0.3 is 9.72 Å². The fourth-order valence-electron chi connectivity index (χ4n) is 2.22. The summed E-state index contributed by atoms with van der Waals surface area (Å²) in [5.74, 6) is 1.34. The van der Waals surface area contributed by atoms with Gasteiger partial charge in [-0.15, -0.1) is 11.8 Å². The van der Waals surface area contributed by atoms with Crippen molar-refractivity contribution in [3.05, 3.63) is 60.3 Å². The summed E-state index contributed by atoms with van der Waals surface area (Å²) < 4.78 is 5.19. The van der Waals surface area contributed by atoms with Crippen LogP contribution in [-0.2, 0) is 0 Å². The van der Waals surface area contributed by atoms with Crippen LogP contribution in [0.3, 0.4) is 0 Å². The summed E-state index contributed by atoms with van der Waals surface area (Å²) in [6.07, 6.45) is 1.79. The number of para-hydroxylation sites is 1. The van der Waals surface area contributed by atoms with Crippen molar-refractivity contribution in [1.82, 2.24) is 4.98 Å². The lowest BCUT2D eigenvalue weighted by Crippen LogP contribution is -2.01. The topological polar surface area (TPSA) is 42.1 Å². The summed E-state index contributed by atoms with van der Waals surface area (Å²) in [7, 11) is 1.64. The zero-order valence-corrected chi connectivity index (χ0v) is 12.4. The number of benzene rings is 2. The van der Waals surface area contributed by atoms with Crippen LogP contribution in [0.1, 0.15) is 10.4 Å². The van der Waals surface area contributed by atoms with Gasteiger partial charge in [-0.25, -0.2) is 0 Å². The summed E-state index contributed by atoms with van der Waals surface area (Å²) in [5.41, 5.74) is 1.74. The fourth-order valence-corrected chi connectivity index (χ4v) is 3.05. The number of fused-ring (bicyclic) bond motifs is 1. The molecule has 0 aliphatic rings. The molecule has 106 valence electrons. The normalized spacial score (nSPS) is 10.7. The Balaban J connectivity index is 1.74. The van der Waals surface area contributed by atoms with Gasteiger partial charge in [0.2, 0.25) is 0 Å². The number of ketones is 1. The highest BCUT2D eigenvalue weighted by molar-refractivity contribution is 8.00. The molecule has 1 N–H and O–H groups in total. The Morgan fingerprint density at radius 2 is 2.05 bits per heavy atom. The van der Waals surface area contributed by atoms with E-state index in [1.165, 1.54) is 11.8 Å². The van der Waals surface area contributed by atoms with Crippen LogP contribution in [0.4, 0.5) is 0 Å². The molecule has 0 aliphatic carbocycles. The molecular formula is C17H15NO2S. The van der Waals surface area contributed by atoms with Crippen molar-refractivity contribution in [3.63, 3.8) is 0 Å². The van der Waals surface area contributed by atoms with Gasteiger partial charge in [0.05, 0.1) is 12.9 Å². The molecule has 0 saturated carbocycles. The predicted octanol–water partition coefficient (Wildman–Crippen LogP) is 4.15. The molecule has 0 bridgehead atoms. The monoisotopic (exact) mass is 297 g/mol. The maximum Gasteiger partial charge on any atom is 0.175 e. The first-order chi connectivity index (χ1) is 10.3. The molecule has 3 nitrogen and oxygen atoms in total. The standard InChI is InChI=1S/C17H15NO2S/c1-20-12-5-4-6-13(9-12)21-11-17(19)15-10-18-16-8-3-2-7-14(15)16/h2-10,18H,11H2,1H3. The van der Waals surface area contributed by atoms with Gasteiger partial charge in [0, 0.05) is 27.6 Å². The average Bonchev–Trinajstić information content (AvgIpc) is 2.97. The van der Waals surface area contributed by atoms with E-state index in [0.717, 1.165) is 27.1 Å². The molecule has 3 rings (SSSR count). The summed E-state index contributed by atoms with van der Waals surface area (Å²) in [6, 6.07) is 15.6. The molecule has 0 spiro atoms. The van der Waals surface area contributed by atoms with E-state index in [4.69, 9.17) is 4.74 Å². The number of rotatable bonds is 5. The molecule has 0 aliphatic heterocycles. The fraction of sp³-hybridized carbons (Fsp3) is 0.118. The zero-order valence-electron chi connectivity index (χ0n) is 11.6. The largest absolute Gasteiger partial charge is 0.497 e. The van der Waals surface area contributed by atoms with E-state index in [1.807, 2.05) is 48.5 Å². The first-order valence-corrected chi connectivity index (χ1v) is 7.62. The van der Waals surface area contributed by atoms with E-state index in [1.54, 1.807) is 13.3 Å². The van der Waals surface area contributed by atoms with Gasteiger partial charge in [-0.1, -0.05) is 24.3 Å². The van der Waals surface area contributed by atoms with Gasteiger partial charge in [-0.05, 0) is 24.3 Å². The first-order valence-electron chi connectivity index (χ1n) is 6.64. The SMILES string of the molecule is COc1cccc(SCC(=O)c2c[nH]c3ccccc23)c1. The molecule has 0 radical (unpaired) electrons. The van der Waals surface area contributed by atoms with Crippen molar-refractivity contribution in [1.29, 1.82) is 0 Å². The van der Waals surface area contributed by atoms with Crippen molar-refractivity contribution in [2.45, 2.75) is 4.90 Å². The summed E-state index contributed by atoms with van der Waals surface area (Å²) in [4.78, 5) is 16.5. The zero-order chi connectivity index (χ0) is 14.7. The Labute approximate surface area is 127 Å². The Kier molecular flexibility index (Phi) is 3.97. The van der Waals surface area contributed by atoms with Crippen molar-refractivity contribution < 1.29 is 9.53 Å². The molecule has 0 fully saturated rings. The number of nitrogens with one attached hydrogen (secondary N) is 1. The van der Waals surface area contributed by atoms with Gasteiger partial charge in [0.25, 0.3) is 0 Å². The summed E-state index contributed by atoms with van der Waals surface area (Å²) >= 11 is 1.52. The van der Waals surface area contributed by atoms with Crippen LogP contribution < -0.4 is 4.74 Å². The van der Waals surface area contributed by atoms with Gasteiger partial charge in [-0.2, -0.15) is 0 Å². The lowest BCUT2D eigenvalue weighted by atomic mass is 10.1. The highest BCUT2D eigenvalue weighted by Crippen LogP contribution is 2.25. The molecule has 4 heteroatoms. The lowest BCUT2D eigenvalue weighted by molar-refractivity contribution is 0.102. The third-order valence-corrected chi connectivity index (χ3v) is 4.29. The molecule has 1 aromatic heterocycles. The number of H-pyrrole nitrogens is 1. The number of hydrogen-bond acceptors (Lipinski definition) is 3. The molecule has 0 saturated heterocycles. The molecule has 21 heavy (non-hydrogen) atoms. The van der Waals surface area contributed by atoms with E-state index < -0.39 is 0 Å². The minimum Gasteiger partial charge on any atom is -0.497 e. The van der Waals surface area contributed by atoms with Gasteiger partial charge in [-0.3, -0.25) is 4.79 Å². The molecule has 0 atom stereocenters. The van der Waals surface area contributed by atoms with E-state index >= 15 is 0 Å². The van der Waals surface area contributed by atoms with Crippen molar-refractivity contribution >= 4 is 28.4 Å². The minimum absolute atomic E-state index is 0.125. The highest BCUT2D eigenvalue weighted by Gasteiger charge is 2.12. The quantitative estimate of drug-likeness (QED) is 0.568. The predicted molar refractivity (Wildman–Crippen MR) is 86.3 cm³/mol. The number of carbonyl (C=O) groups is 1. The number of carbonyl (C=O) groups excluding carboxylic acids is 1. The Morgan fingerprint density at radius 1 is 1.19 bits per heavy atom. The number of methoxy groups -OCH3 is 1. The van der Waals surface area contributed by atoms with Crippen molar-refractivity contribution in [2.75, 3.05) is 12.9 Å². The van der Waals surface area contributed by atoms with E-state index in [2.05, 4.69) is 4.98 Å². The molecular weight excluding hydrogens is 282 g/mol. The Hall–Kier alpha value is -2.20. The van der Waals surface area contributed by atoms with E-state index in [0.29, 0.717) is 5.75 Å². The summed E-state index contributed by atoms with van der Waals surface area (Å²) in [6.45, 7) is 0. The van der Waals surface area contributed by atoms with Crippen LogP contribution in [0.2, 0.25) is 0 Å². The van der Waals surface area contributed by atoms with Crippen LogP contribution in [0.15, 0.2) is 59.6 Å². The van der Waals surface area contributed by atoms with Gasteiger partial charge in [0.1, 0.15) is 5.75 Å². The first kappa shape index (κ1) is 13.8. The number of thioether (sulfide) groups is 1. The Morgan fingerprint density at radius 3 is 2.90 bits per heavy atom. The summed E-state index contributed by atoms with van der Waals surface area (Å²) in [5, 5.41) is 0.980. The highest BCUT2D eigenvalue weighted by atomic mass is 32.2. The van der Waals surface area contributed by atoms with Crippen molar-refractivity contribution in [3.8, 4) is 5.75 Å². The number of aromatic amines is 1. The van der Waals surface area contributed by atoms with Crippen LogP contribution in [0.5, 0.6) is 5.75 Å². The van der Waals surface area contributed by atoms with Crippen LogP contribution in [-0.4, -0.2) is 23.6 Å². The van der Waals surface area contributed by atoms with Crippen molar-refractivity contribution in [2.24, 2.45) is 0 Å². The molecule has 2 aromatic carbocycles. The van der Waals surface area contributed by atoms with Gasteiger partial charge >= 0.3 is 0 Å². The average molecular weight is 297 g/mol. The van der Waals surface area contributed by atoms with Crippen LogP contribution in [0, 0.1) is 0 Å². The van der Waals surface area contributed by atoms with E-state index in [9.17, 15) is 4.79 Å². The molecule has 1 heterocycles. The van der Waals surface area contributed by atoms with E-state index in [-0.39, 0.29) is 5.78 Å². The van der Waals surface area contributed by atoms with Crippen LogP contribution in [0.25, 0.3) is 10.9 Å². The number of Topliss-reactive ketones (excluding diaryl/α,β-unsaturated/α-hetero) is 1. The Bertz CT molecular complexity index is 779. The molecule has 0 amide bonds. The van der Waals surface area contributed by atoms with Crippen LogP contribution >= 0.6 is 11.8 Å². The maximum absolute atomic E-state index is 12.4. The molecule has 3 aromatic rings. The smallest absolute Gasteiger partial charge is 0.175 e. The second kappa shape index (κ2) is 6.06. The number of hydrogen-bond donors (Lipinski definition) is 1.